The normalized spacial score (nSPS) is 15.6. The Morgan fingerprint density at radius 1 is 1.28 bits per heavy atom. The fourth-order valence-electron chi connectivity index (χ4n) is 3.79. The monoisotopic (exact) mass is 454 g/mol. The average Bonchev–Trinajstić information content (AvgIpc) is 3.46. The highest BCUT2D eigenvalue weighted by Gasteiger charge is 2.23. The first-order valence-electron chi connectivity index (χ1n) is 10.9. The molecule has 0 spiro atoms. The maximum atomic E-state index is 13.7. The van der Waals surface area contributed by atoms with Crippen LogP contribution in [0.1, 0.15) is 31.0 Å². The first-order valence-corrected chi connectivity index (χ1v) is 11.8. The molecule has 1 saturated heterocycles. The summed E-state index contributed by atoms with van der Waals surface area (Å²) in [5.74, 6) is 0.491. The minimum absolute atomic E-state index is 0.0300. The number of ether oxygens (including phenoxy) is 2. The number of hydrogen-bond acceptors (Lipinski definition) is 5. The Bertz CT molecular complexity index is 1030. The molecular formula is C25H27FN2O3S. The molecule has 2 aromatic carbocycles. The van der Waals surface area contributed by atoms with Gasteiger partial charge in [-0.3, -0.25) is 4.79 Å². The van der Waals surface area contributed by atoms with E-state index in [1.54, 1.807) is 11.0 Å². The third-order valence-corrected chi connectivity index (χ3v) is 6.30. The number of carbonyl (C=O) groups is 1. The minimum atomic E-state index is -0.300. The molecule has 0 radical (unpaired) electrons. The van der Waals surface area contributed by atoms with Crippen molar-refractivity contribution in [3.05, 3.63) is 71.0 Å². The summed E-state index contributed by atoms with van der Waals surface area (Å²) < 4.78 is 24.9. The van der Waals surface area contributed by atoms with Gasteiger partial charge in [0, 0.05) is 30.6 Å². The molecule has 32 heavy (non-hydrogen) atoms. The van der Waals surface area contributed by atoms with Crippen molar-refractivity contribution < 1.29 is 18.7 Å². The van der Waals surface area contributed by atoms with E-state index in [0.29, 0.717) is 19.7 Å². The molecule has 2 heterocycles. The minimum Gasteiger partial charge on any atom is -0.494 e. The largest absolute Gasteiger partial charge is 0.494 e. The topological polar surface area (TPSA) is 51.7 Å². The Morgan fingerprint density at radius 3 is 2.84 bits per heavy atom. The van der Waals surface area contributed by atoms with Crippen molar-refractivity contribution in [1.29, 1.82) is 0 Å². The van der Waals surface area contributed by atoms with Gasteiger partial charge < -0.3 is 14.4 Å². The molecule has 1 fully saturated rings. The summed E-state index contributed by atoms with van der Waals surface area (Å²) in [5, 5.41) is 2.79. The Hall–Kier alpha value is -2.77. The maximum Gasteiger partial charge on any atom is 0.229 e. The lowest BCUT2D eigenvalue weighted by atomic mass is 10.1. The molecule has 0 N–H and O–H groups in total. The molecule has 0 saturated carbocycles. The van der Waals surface area contributed by atoms with Gasteiger partial charge >= 0.3 is 0 Å². The van der Waals surface area contributed by atoms with Gasteiger partial charge in [0.2, 0.25) is 5.91 Å². The number of aromatic nitrogens is 1. The molecule has 1 aliphatic rings. The quantitative estimate of drug-likeness (QED) is 0.452. The van der Waals surface area contributed by atoms with Crippen LogP contribution < -0.4 is 4.74 Å². The molecule has 3 aromatic rings. The fraction of sp³-hybridized carbons (Fsp3) is 0.360. The Balaban J connectivity index is 1.45. The van der Waals surface area contributed by atoms with Crippen molar-refractivity contribution in [2.24, 2.45) is 0 Å². The number of nitrogens with zero attached hydrogens (tertiary/aromatic N) is 2. The van der Waals surface area contributed by atoms with Gasteiger partial charge in [0.15, 0.2) is 0 Å². The van der Waals surface area contributed by atoms with Gasteiger partial charge in [-0.2, -0.15) is 0 Å². The highest BCUT2D eigenvalue weighted by Crippen LogP contribution is 2.26. The van der Waals surface area contributed by atoms with Crippen molar-refractivity contribution in [2.45, 2.75) is 38.8 Å². The van der Waals surface area contributed by atoms with Crippen LogP contribution in [0.3, 0.4) is 0 Å². The second-order valence-corrected chi connectivity index (χ2v) is 8.68. The molecule has 168 valence electrons. The smallest absolute Gasteiger partial charge is 0.229 e. The summed E-state index contributed by atoms with van der Waals surface area (Å²) in [7, 11) is 0. The van der Waals surface area contributed by atoms with Crippen LogP contribution in [-0.4, -0.2) is 41.7 Å². The van der Waals surface area contributed by atoms with Gasteiger partial charge in [0.1, 0.15) is 16.6 Å². The molecule has 4 rings (SSSR count). The predicted molar refractivity (Wildman–Crippen MR) is 123 cm³/mol. The zero-order valence-electron chi connectivity index (χ0n) is 18.1. The second-order valence-electron chi connectivity index (χ2n) is 7.82. The van der Waals surface area contributed by atoms with E-state index < -0.39 is 0 Å². The van der Waals surface area contributed by atoms with Gasteiger partial charge in [0.25, 0.3) is 0 Å². The second kappa shape index (κ2) is 10.7. The van der Waals surface area contributed by atoms with Crippen molar-refractivity contribution >= 4 is 17.2 Å². The van der Waals surface area contributed by atoms with Gasteiger partial charge in [0.05, 0.1) is 24.8 Å². The molecule has 5 nitrogen and oxygen atoms in total. The van der Waals surface area contributed by atoms with Crippen molar-refractivity contribution in [3.63, 3.8) is 0 Å². The van der Waals surface area contributed by atoms with Crippen LogP contribution in [0.4, 0.5) is 4.39 Å². The molecule has 1 aromatic heterocycles. The lowest BCUT2D eigenvalue weighted by molar-refractivity contribution is -0.132. The van der Waals surface area contributed by atoms with Crippen LogP contribution in [0.2, 0.25) is 0 Å². The van der Waals surface area contributed by atoms with E-state index in [1.807, 2.05) is 42.6 Å². The Kier molecular flexibility index (Phi) is 7.50. The van der Waals surface area contributed by atoms with E-state index in [4.69, 9.17) is 9.47 Å². The van der Waals surface area contributed by atoms with Crippen LogP contribution in [0.5, 0.6) is 5.75 Å². The maximum absolute atomic E-state index is 13.7. The highest BCUT2D eigenvalue weighted by molar-refractivity contribution is 7.13. The number of halogens is 1. The van der Waals surface area contributed by atoms with Crippen LogP contribution >= 0.6 is 11.3 Å². The summed E-state index contributed by atoms with van der Waals surface area (Å²) in [6.07, 6.45) is 2.17. The number of carbonyl (C=O) groups excluding carboxylic acids is 1. The molecule has 0 aliphatic carbocycles. The fourth-order valence-corrected chi connectivity index (χ4v) is 4.62. The van der Waals surface area contributed by atoms with Crippen LogP contribution in [0.15, 0.2) is 53.9 Å². The molecule has 1 aliphatic heterocycles. The molecule has 7 heteroatoms. The molecule has 1 atom stereocenters. The van der Waals surface area contributed by atoms with Crippen LogP contribution in [0.25, 0.3) is 10.6 Å². The lowest BCUT2D eigenvalue weighted by Gasteiger charge is -2.25. The third kappa shape index (κ3) is 5.93. The highest BCUT2D eigenvalue weighted by atomic mass is 32.1. The number of hydrogen-bond donors (Lipinski definition) is 0. The van der Waals surface area contributed by atoms with Crippen molar-refractivity contribution in [2.75, 3.05) is 19.8 Å². The first kappa shape index (κ1) is 22.4. The van der Waals surface area contributed by atoms with Gasteiger partial charge in [-0.1, -0.05) is 12.1 Å². The molecule has 0 bridgehead atoms. The number of thiazole rings is 1. The summed E-state index contributed by atoms with van der Waals surface area (Å²) in [4.78, 5) is 19.6. The van der Waals surface area contributed by atoms with Crippen molar-refractivity contribution in [3.8, 4) is 16.3 Å². The first-order chi connectivity index (χ1) is 15.6. The van der Waals surface area contributed by atoms with E-state index >= 15 is 0 Å². The summed E-state index contributed by atoms with van der Waals surface area (Å²) >= 11 is 1.52. The number of benzene rings is 2. The SMILES string of the molecule is CCOc1ccc(-c2nc(CC(=O)N(Cc3cccc(F)c3)CC3CCCO3)cs2)cc1. The standard InChI is InChI=1S/C25H27FN2O3S/c1-2-30-22-10-8-19(9-11-22)25-27-21(17-32-25)14-24(29)28(16-23-7-4-12-31-23)15-18-5-3-6-20(26)13-18/h3,5-6,8-11,13,17,23H,2,4,7,12,14-16H2,1H3. The number of rotatable bonds is 9. The van der Waals surface area contributed by atoms with Gasteiger partial charge in [-0.15, -0.1) is 11.3 Å². The Morgan fingerprint density at radius 2 is 2.12 bits per heavy atom. The predicted octanol–water partition coefficient (Wildman–Crippen LogP) is 5.10. The molecule has 1 amide bonds. The number of amides is 1. The zero-order chi connectivity index (χ0) is 22.3. The van der Waals surface area contributed by atoms with Crippen molar-refractivity contribution in [1.82, 2.24) is 9.88 Å². The Labute approximate surface area is 191 Å². The summed E-state index contributed by atoms with van der Waals surface area (Å²) in [6.45, 7) is 4.16. The van der Waals surface area contributed by atoms with Gasteiger partial charge in [-0.05, 0) is 61.7 Å². The molecular weight excluding hydrogens is 427 g/mol. The van der Waals surface area contributed by atoms with Crippen LogP contribution in [-0.2, 0) is 22.5 Å². The van der Waals surface area contributed by atoms with Crippen LogP contribution in [0, 0.1) is 5.82 Å². The summed E-state index contributed by atoms with van der Waals surface area (Å²) in [6, 6.07) is 14.2. The van der Waals surface area contributed by atoms with E-state index in [2.05, 4.69) is 4.98 Å². The average molecular weight is 455 g/mol. The van der Waals surface area contributed by atoms with E-state index in [9.17, 15) is 9.18 Å². The van der Waals surface area contributed by atoms with E-state index in [0.717, 1.165) is 47.0 Å². The van der Waals surface area contributed by atoms with E-state index in [1.165, 1.54) is 23.5 Å². The molecule has 1 unspecified atom stereocenters. The summed E-state index contributed by atoms with van der Waals surface area (Å²) in [5.41, 5.74) is 2.50. The third-order valence-electron chi connectivity index (χ3n) is 5.36. The van der Waals surface area contributed by atoms with E-state index in [-0.39, 0.29) is 24.2 Å². The van der Waals surface area contributed by atoms with Gasteiger partial charge in [-0.25, -0.2) is 9.37 Å². The zero-order valence-corrected chi connectivity index (χ0v) is 18.9. The lowest BCUT2D eigenvalue weighted by Crippen LogP contribution is -2.38.